The van der Waals surface area contributed by atoms with Gasteiger partial charge >= 0.3 is 0 Å². The molecule has 0 spiro atoms. The number of nitrogens with zero attached hydrogens (tertiary/aromatic N) is 4. The van der Waals surface area contributed by atoms with Crippen LogP contribution in [0.1, 0.15) is 18.4 Å². The number of hydrogen-bond acceptors (Lipinski definition) is 4. The summed E-state index contributed by atoms with van der Waals surface area (Å²) in [7, 11) is 0. The number of piperidine rings is 1. The van der Waals surface area contributed by atoms with E-state index in [1.165, 1.54) is 0 Å². The van der Waals surface area contributed by atoms with Crippen molar-refractivity contribution < 1.29 is 4.39 Å². The van der Waals surface area contributed by atoms with Gasteiger partial charge in [0.25, 0.3) is 0 Å². The summed E-state index contributed by atoms with van der Waals surface area (Å²) in [6.07, 6.45) is 0.755. The summed E-state index contributed by atoms with van der Waals surface area (Å²) in [4.78, 5) is 10.1. The van der Waals surface area contributed by atoms with Crippen LogP contribution in [-0.4, -0.2) is 39.4 Å². The molecule has 0 bridgehead atoms. The van der Waals surface area contributed by atoms with Gasteiger partial charge in [-0.05, 0) is 49.2 Å². The highest BCUT2D eigenvalue weighted by Gasteiger charge is 2.20. The van der Waals surface area contributed by atoms with Gasteiger partial charge in [0, 0.05) is 24.2 Å². The minimum atomic E-state index is -0.763. The molecule has 1 aliphatic heterocycles. The number of halogens is 1. The third-order valence-electron chi connectivity index (χ3n) is 5.11. The van der Waals surface area contributed by atoms with Gasteiger partial charge in [0.05, 0.1) is 28.2 Å². The van der Waals surface area contributed by atoms with E-state index >= 15 is 0 Å². The third-order valence-corrected chi connectivity index (χ3v) is 5.11. The predicted molar refractivity (Wildman–Crippen MR) is 102 cm³/mol. The molecule has 0 saturated carbocycles. The molecule has 1 aliphatic rings. The largest absolute Gasteiger partial charge is 0.369 e. The highest BCUT2D eigenvalue weighted by atomic mass is 19.1. The SMILES string of the molecule is N#Cc1ccc2c(-c3nc4ccc(N5CCCC(F)C5)cc4[nH]3)n[nH]c2c1. The first-order chi connectivity index (χ1) is 13.2. The maximum atomic E-state index is 13.7. The Kier molecular flexibility index (Phi) is 3.57. The molecule has 0 aliphatic carbocycles. The van der Waals surface area contributed by atoms with Crippen LogP contribution in [0.4, 0.5) is 10.1 Å². The summed E-state index contributed by atoms with van der Waals surface area (Å²) < 4.78 is 13.7. The number of H-pyrrole nitrogens is 2. The average Bonchev–Trinajstić information content (AvgIpc) is 3.30. The summed E-state index contributed by atoms with van der Waals surface area (Å²) in [5, 5.41) is 17.3. The normalized spacial score (nSPS) is 17.5. The molecule has 2 aromatic heterocycles. The number of alkyl halides is 1. The van der Waals surface area contributed by atoms with E-state index in [1.54, 1.807) is 12.1 Å². The van der Waals surface area contributed by atoms with Crippen LogP contribution >= 0.6 is 0 Å². The highest BCUT2D eigenvalue weighted by molar-refractivity contribution is 5.94. The van der Waals surface area contributed by atoms with Crippen LogP contribution < -0.4 is 4.90 Å². The van der Waals surface area contributed by atoms with Crippen molar-refractivity contribution in [3.8, 4) is 17.6 Å². The van der Waals surface area contributed by atoms with Crippen molar-refractivity contribution >= 4 is 27.6 Å². The molecule has 7 heteroatoms. The first kappa shape index (κ1) is 15.8. The molecule has 1 saturated heterocycles. The van der Waals surface area contributed by atoms with Crippen LogP contribution in [0.2, 0.25) is 0 Å². The Labute approximate surface area is 154 Å². The Morgan fingerprint density at radius 3 is 2.96 bits per heavy atom. The Bertz CT molecular complexity index is 1180. The van der Waals surface area contributed by atoms with Gasteiger partial charge in [-0.3, -0.25) is 5.10 Å². The van der Waals surface area contributed by atoms with Gasteiger partial charge in [0.2, 0.25) is 0 Å². The number of rotatable bonds is 2. The van der Waals surface area contributed by atoms with Crippen molar-refractivity contribution in [3.63, 3.8) is 0 Å². The van der Waals surface area contributed by atoms with Crippen molar-refractivity contribution in [2.24, 2.45) is 0 Å². The molecule has 4 aromatic rings. The molecule has 0 radical (unpaired) electrons. The topological polar surface area (TPSA) is 84.4 Å². The molecule has 5 rings (SSSR count). The summed E-state index contributed by atoms with van der Waals surface area (Å²) >= 11 is 0. The van der Waals surface area contributed by atoms with Gasteiger partial charge in [0.15, 0.2) is 5.82 Å². The second-order valence-electron chi connectivity index (χ2n) is 6.92. The van der Waals surface area contributed by atoms with Crippen molar-refractivity contribution in [2.75, 3.05) is 18.0 Å². The van der Waals surface area contributed by atoms with Crippen LogP contribution in [0.3, 0.4) is 0 Å². The third kappa shape index (κ3) is 2.70. The monoisotopic (exact) mass is 360 g/mol. The molecule has 2 N–H and O–H groups in total. The van der Waals surface area contributed by atoms with Gasteiger partial charge in [-0.1, -0.05) is 0 Å². The average molecular weight is 360 g/mol. The van der Waals surface area contributed by atoms with Gasteiger partial charge < -0.3 is 9.88 Å². The summed E-state index contributed by atoms with van der Waals surface area (Å²) in [5.41, 5.74) is 4.84. The van der Waals surface area contributed by atoms with E-state index in [4.69, 9.17) is 5.26 Å². The van der Waals surface area contributed by atoms with Crippen LogP contribution in [0.15, 0.2) is 36.4 Å². The number of aromatic amines is 2. The number of anilines is 1. The number of fused-ring (bicyclic) bond motifs is 2. The second-order valence-corrected chi connectivity index (χ2v) is 6.92. The molecule has 3 heterocycles. The lowest BCUT2D eigenvalue weighted by molar-refractivity contribution is 0.287. The van der Waals surface area contributed by atoms with Gasteiger partial charge in [-0.2, -0.15) is 10.4 Å². The molecule has 2 aromatic carbocycles. The van der Waals surface area contributed by atoms with Gasteiger partial charge in [0.1, 0.15) is 11.9 Å². The summed E-state index contributed by atoms with van der Waals surface area (Å²) in [6.45, 7) is 1.32. The van der Waals surface area contributed by atoms with E-state index in [-0.39, 0.29) is 0 Å². The maximum Gasteiger partial charge on any atom is 0.159 e. The van der Waals surface area contributed by atoms with E-state index in [1.807, 2.05) is 24.3 Å². The maximum absolute atomic E-state index is 13.7. The van der Waals surface area contributed by atoms with Crippen LogP contribution in [0.25, 0.3) is 33.5 Å². The van der Waals surface area contributed by atoms with E-state index in [0.29, 0.717) is 30.0 Å². The van der Waals surface area contributed by atoms with Gasteiger partial charge in [-0.15, -0.1) is 0 Å². The molecule has 27 heavy (non-hydrogen) atoms. The Morgan fingerprint density at radius 1 is 1.19 bits per heavy atom. The molecule has 1 atom stereocenters. The van der Waals surface area contributed by atoms with Crippen LogP contribution in [0.5, 0.6) is 0 Å². The van der Waals surface area contributed by atoms with Gasteiger partial charge in [-0.25, -0.2) is 9.37 Å². The second kappa shape index (κ2) is 6.09. The van der Waals surface area contributed by atoms with E-state index in [0.717, 1.165) is 40.6 Å². The first-order valence-corrected chi connectivity index (χ1v) is 8.98. The molecular formula is C20H17FN6. The number of nitrogens with one attached hydrogen (secondary N) is 2. The first-order valence-electron chi connectivity index (χ1n) is 8.98. The Morgan fingerprint density at radius 2 is 2.11 bits per heavy atom. The highest BCUT2D eigenvalue weighted by Crippen LogP contribution is 2.29. The van der Waals surface area contributed by atoms with E-state index < -0.39 is 6.17 Å². The van der Waals surface area contributed by atoms with Crippen LogP contribution in [0, 0.1) is 11.3 Å². The van der Waals surface area contributed by atoms with Crippen molar-refractivity contribution in [2.45, 2.75) is 19.0 Å². The molecular weight excluding hydrogens is 343 g/mol. The quantitative estimate of drug-likeness (QED) is 0.567. The van der Waals surface area contributed by atoms with Crippen molar-refractivity contribution in [1.82, 2.24) is 20.2 Å². The summed E-state index contributed by atoms with van der Waals surface area (Å²) in [5.74, 6) is 0.667. The Balaban J connectivity index is 1.54. The van der Waals surface area contributed by atoms with E-state index in [9.17, 15) is 4.39 Å². The Hall–Kier alpha value is -3.40. The standard InChI is InChI=1S/C20H17FN6/c21-13-2-1-7-27(11-13)14-4-6-16-18(9-14)24-20(23-16)19-15-5-3-12(10-22)8-17(15)25-26-19/h3-6,8-9,13H,1-2,7,11H2,(H,23,24)(H,25,26). The molecule has 134 valence electrons. The molecule has 1 fully saturated rings. The summed E-state index contributed by atoms with van der Waals surface area (Å²) in [6, 6.07) is 13.5. The number of aromatic nitrogens is 4. The van der Waals surface area contributed by atoms with Crippen LogP contribution in [-0.2, 0) is 0 Å². The zero-order valence-corrected chi connectivity index (χ0v) is 14.5. The lowest BCUT2D eigenvalue weighted by Gasteiger charge is -2.30. The molecule has 0 amide bonds. The minimum Gasteiger partial charge on any atom is -0.369 e. The fraction of sp³-hybridized carbons (Fsp3) is 0.250. The minimum absolute atomic E-state index is 0.442. The lowest BCUT2D eigenvalue weighted by atomic mass is 10.1. The molecule has 1 unspecified atom stereocenters. The zero-order chi connectivity index (χ0) is 18.4. The van der Waals surface area contributed by atoms with Crippen molar-refractivity contribution in [1.29, 1.82) is 5.26 Å². The lowest BCUT2D eigenvalue weighted by Crippen LogP contribution is -2.36. The number of benzene rings is 2. The molecule has 6 nitrogen and oxygen atoms in total. The predicted octanol–water partition coefficient (Wildman–Crippen LogP) is 3.92. The number of imidazole rings is 1. The fourth-order valence-corrected chi connectivity index (χ4v) is 3.74. The van der Waals surface area contributed by atoms with Crippen molar-refractivity contribution in [3.05, 3.63) is 42.0 Å². The number of nitriles is 1. The zero-order valence-electron chi connectivity index (χ0n) is 14.5. The fourth-order valence-electron chi connectivity index (χ4n) is 3.74. The smallest absolute Gasteiger partial charge is 0.159 e. The van der Waals surface area contributed by atoms with E-state index in [2.05, 4.69) is 31.1 Å². The number of hydrogen-bond donors (Lipinski definition) is 2.